The molecule has 9 nitrogen and oxygen atoms in total. The van der Waals surface area contributed by atoms with Gasteiger partial charge in [0.05, 0.1) is 19.1 Å². The second-order valence-electron chi connectivity index (χ2n) is 6.90. The van der Waals surface area contributed by atoms with E-state index in [9.17, 15) is 19.7 Å². The maximum Gasteiger partial charge on any atom is 0.272 e. The van der Waals surface area contributed by atoms with Crippen molar-refractivity contribution in [1.82, 2.24) is 5.32 Å². The third-order valence-corrected chi connectivity index (χ3v) is 4.88. The van der Waals surface area contributed by atoms with Crippen LogP contribution in [0.2, 0.25) is 5.02 Å². The van der Waals surface area contributed by atoms with Crippen LogP contribution >= 0.6 is 11.6 Å². The van der Waals surface area contributed by atoms with Crippen LogP contribution in [0.5, 0.6) is 11.5 Å². The smallest absolute Gasteiger partial charge is 0.272 e. The Morgan fingerprint density at radius 3 is 2.32 bits per heavy atom. The summed E-state index contributed by atoms with van der Waals surface area (Å²) in [4.78, 5) is 36.3. The van der Waals surface area contributed by atoms with Gasteiger partial charge in [-0.15, -0.1) is 0 Å². The number of hydrogen-bond acceptors (Lipinski definition) is 6. The number of benzene rings is 3. The zero-order chi connectivity index (χ0) is 24.7. The second kappa shape index (κ2) is 11.0. The zero-order valence-electron chi connectivity index (χ0n) is 18.2. The molecule has 0 unspecified atom stereocenters. The summed E-state index contributed by atoms with van der Waals surface area (Å²) in [5.74, 6) is -0.304. The first-order chi connectivity index (χ1) is 16.3. The molecule has 0 bridgehead atoms. The van der Waals surface area contributed by atoms with Gasteiger partial charge in [-0.2, -0.15) is 0 Å². The topological polar surface area (TPSA) is 120 Å². The van der Waals surface area contributed by atoms with Crippen LogP contribution in [0, 0.1) is 10.1 Å². The van der Waals surface area contributed by atoms with Crippen LogP contribution in [0.3, 0.4) is 0 Å². The van der Waals surface area contributed by atoms with E-state index in [4.69, 9.17) is 21.1 Å². The molecule has 0 atom stereocenters. The average molecular weight is 482 g/mol. The van der Waals surface area contributed by atoms with Crippen molar-refractivity contribution in [3.63, 3.8) is 0 Å². The van der Waals surface area contributed by atoms with E-state index in [-0.39, 0.29) is 22.6 Å². The normalized spacial score (nSPS) is 10.9. The van der Waals surface area contributed by atoms with Crippen molar-refractivity contribution < 1.29 is 24.0 Å². The number of non-ortho nitro benzene ring substituents is 1. The van der Waals surface area contributed by atoms with E-state index in [1.165, 1.54) is 56.7 Å². The van der Waals surface area contributed by atoms with Gasteiger partial charge in [-0.1, -0.05) is 23.7 Å². The minimum Gasteiger partial charge on any atom is -0.493 e. The van der Waals surface area contributed by atoms with E-state index in [1.54, 1.807) is 30.3 Å². The Hall–Kier alpha value is -4.37. The van der Waals surface area contributed by atoms with E-state index in [2.05, 4.69) is 10.6 Å². The molecule has 0 aliphatic heterocycles. The fourth-order valence-electron chi connectivity index (χ4n) is 2.96. The molecule has 0 aromatic heterocycles. The summed E-state index contributed by atoms with van der Waals surface area (Å²) < 4.78 is 10.5. The number of nitrogens with zero attached hydrogens (tertiary/aromatic N) is 1. The van der Waals surface area contributed by atoms with Crippen molar-refractivity contribution in [3.05, 3.63) is 98.7 Å². The number of nitro benzene ring substituents is 1. The maximum absolute atomic E-state index is 13.1. The van der Waals surface area contributed by atoms with Gasteiger partial charge in [0.2, 0.25) is 0 Å². The average Bonchev–Trinajstić information content (AvgIpc) is 2.84. The fraction of sp³-hybridized carbons (Fsp3) is 0.0833. The highest BCUT2D eigenvalue weighted by Crippen LogP contribution is 2.28. The lowest BCUT2D eigenvalue weighted by Gasteiger charge is -2.12. The first-order valence-electron chi connectivity index (χ1n) is 9.87. The van der Waals surface area contributed by atoms with E-state index >= 15 is 0 Å². The zero-order valence-corrected chi connectivity index (χ0v) is 19.0. The molecule has 0 aliphatic carbocycles. The molecular formula is C24H20ClN3O6. The Morgan fingerprint density at radius 2 is 1.68 bits per heavy atom. The molecule has 3 aromatic rings. The molecule has 10 heteroatoms. The van der Waals surface area contributed by atoms with Crippen LogP contribution in [-0.2, 0) is 4.79 Å². The first-order valence-corrected chi connectivity index (χ1v) is 10.2. The third kappa shape index (κ3) is 6.11. The Balaban J connectivity index is 1.95. The summed E-state index contributed by atoms with van der Waals surface area (Å²) in [6.45, 7) is 0. The minimum absolute atomic E-state index is 0.0984. The van der Waals surface area contributed by atoms with E-state index in [1.807, 2.05) is 0 Å². The van der Waals surface area contributed by atoms with Crippen molar-refractivity contribution in [2.45, 2.75) is 0 Å². The summed E-state index contributed by atoms with van der Waals surface area (Å²) in [7, 11) is 2.97. The van der Waals surface area contributed by atoms with Gasteiger partial charge in [-0.3, -0.25) is 19.7 Å². The molecule has 3 rings (SSSR count). The Labute approximate surface area is 200 Å². The molecule has 34 heavy (non-hydrogen) atoms. The lowest BCUT2D eigenvalue weighted by molar-refractivity contribution is -0.384. The summed E-state index contributed by atoms with van der Waals surface area (Å²) in [5, 5.41) is 16.7. The maximum atomic E-state index is 13.1. The molecule has 0 fully saturated rings. The van der Waals surface area contributed by atoms with Gasteiger partial charge in [-0.05, 0) is 54.1 Å². The van der Waals surface area contributed by atoms with Gasteiger partial charge in [0.15, 0.2) is 11.5 Å². The lowest BCUT2D eigenvalue weighted by atomic mass is 10.1. The Morgan fingerprint density at radius 1 is 0.971 bits per heavy atom. The predicted octanol–water partition coefficient (Wildman–Crippen LogP) is 4.68. The number of nitro groups is 1. The summed E-state index contributed by atoms with van der Waals surface area (Å²) >= 11 is 5.88. The van der Waals surface area contributed by atoms with Crippen LogP contribution in [-0.4, -0.2) is 31.0 Å². The summed E-state index contributed by atoms with van der Waals surface area (Å²) in [6.07, 6.45) is 1.45. The second-order valence-corrected chi connectivity index (χ2v) is 7.33. The Kier molecular flexibility index (Phi) is 7.83. The number of anilines is 1. The minimum atomic E-state index is -0.683. The van der Waals surface area contributed by atoms with Crippen molar-refractivity contribution in [2.24, 2.45) is 0 Å². The summed E-state index contributed by atoms with van der Waals surface area (Å²) in [5.41, 5.74) is 0.731. The van der Waals surface area contributed by atoms with Crippen LogP contribution in [0.1, 0.15) is 15.9 Å². The largest absolute Gasteiger partial charge is 0.493 e. The van der Waals surface area contributed by atoms with E-state index in [0.717, 1.165) is 0 Å². The van der Waals surface area contributed by atoms with Gasteiger partial charge in [0, 0.05) is 28.4 Å². The van der Waals surface area contributed by atoms with Crippen molar-refractivity contribution >= 4 is 40.9 Å². The molecule has 0 saturated heterocycles. The summed E-state index contributed by atoms with van der Waals surface area (Å²) in [6, 6.07) is 16.6. The van der Waals surface area contributed by atoms with Crippen LogP contribution < -0.4 is 20.1 Å². The molecular weight excluding hydrogens is 462 g/mol. The van der Waals surface area contributed by atoms with Gasteiger partial charge >= 0.3 is 0 Å². The predicted molar refractivity (Wildman–Crippen MR) is 128 cm³/mol. The van der Waals surface area contributed by atoms with Crippen molar-refractivity contribution in [2.75, 3.05) is 19.5 Å². The molecule has 0 radical (unpaired) electrons. The van der Waals surface area contributed by atoms with E-state index < -0.39 is 16.7 Å². The molecule has 2 amide bonds. The number of amides is 2. The number of nitrogens with one attached hydrogen (secondary N) is 2. The number of halogens is 1. The van der Waals surface area contributed by atoms with Crippen LogP contribution in [0.15, 0.2) is 72.4 Å². The van der Waals surface area contributed by atoms with Gasteiger partial charge in [0.25, 0.3) is 17.5 Å². The molecule has 174 valence electrons. The van der Waals surface area contributed by atoms with Gasteiger partial charge < -0.3 is 20.1 Å². The standard InChI is InChI=1S/C24H20ClN3O6/c1-33-21-11-6-15(13-22(21)34-2)12-20(27-23(29)16-7-9-17(25)10-8-16)24(30)26-18-4-3-5-19(14-18)28(31)32/h3-14H,1-2H3,(H,26,30)(H,27,29)/b20-12+. The number of carbonyl (C=O) groups excluding carboxylic acids is 2. The first kappa shape index (κ1) is 24.3. The molecule has 0 spiro atoms. The third-order valence-electron chi connectivity index (χ3n) is 4.63. The highest BCUT2D eigenvalue weighted by molar-refractivity contribution is 6.30. The number of rotatable bonds is 8. The Bertz CT molecular complexity index is 1260. The number of carbonyl (C=O) groups is 2. The van der Waals surface area contributed by atoms with Crippen LogP contribution in [0.4, 0.5) is 11.4 Å². The molecule has 2 N–H and O–H groups in total. The highest BCUT2D eigenvalue weighted by atomic mass is 35.5. The lowest BCUT2D eigenvalue weighted by Crippen LogP contribution is -2.30. The molecule has 0 saturated carbocycles. The number of methoxy groups -OCH3 is 2. The molecule has 0 aliphatic rings. The van der Waals surface area contributed by atoms with E-state index in [0.29, 0.717) is 22.1 Å². The van der Waals surface area contributed by atoms with Crippen molar-refractivity contribution in [1.29, 1.82) is 0 Å². The highest BCUT2D eigenvalue weighted by Gasteiger charge is 2.17. The monoisotopic (exact) mass is 481 g/mol. The SMILES string of the molecule is COc1ccc(/C=C(/NC(=O)c2ccc(Cl)cc2)C(=O)Nc2cccc([N+](=O)[O-])c2)cc1OC. The fourth-order valence-corrected chi connectivity index (χ4v) is 3.09. The number of hydrogen-bond donors (Lipinski definition) is 2. The van der Waals surface area contributed by atoms with Crippen LogP contribution in [0.25, 0.3) is 6.08 Å². The number of ether oxygens (including phenoxy) is 2. The van der Waals surface area contributed by atoms with Crippen molar-refractivity contribution in [3.8, 4) is 11.5 Å². The molecule has 3 aromatic carbocycles. The van der Waals surface area contributed by atoms with Gasteiger partial charge in [0.1, 0.15) is 5.70 Å². The van der Waals surface area contributed by atoms with Gasteiger partial charge in [-0.25, -0.2) is 0 Å². The quantitative estimate of drug-likeness (QED) is 0.274. The molecule has 0 heterocycles.